The van der Waals surface area contributed by atoms with Gasteiger partial charge in [0.1, 0.15) is 0 Å². The Balaban J connectivity index is 1.66. The Labute approximate surface area is 167 Å². The molecule has 0 fully saturated rings. The minimum Gasteiger partial charge on any atom is -0.452 e. The van der Waals surface area contributed by atoms with Gasteiger partial charge in [-0.3, -0.25) is 4.79 Å². The predicted molar refractivity (Wildman–Crippen MR) is 109 cm³/mol. The smallest absolute Gasteiger partial charge is 0.340 e. The molecule has 0 aliphatic rings. The molecule has 6 nitrogen and oxygen atoms in total. The van der Waals surface area contributed by atoms with Crippen LogP contribution in [0.4, 0.5) is 5.69 Å². The molecule has 142 valence electrons. The van der Waals surface area contributed by atoms with E-state index in [1.165, 1.54) is 11.8 Å². The fraction of sp³-hybridized carbons (Fsp3) is 0.190. The summed E-state index contributed by atoms with van der Waals surface area (Å²) in [7, 11) is 0. The lowest BCUT2D eigenvalue weighted by atomic mass is 10.2. The topological polar surface area (TPSA) is 84.1 Å². The number of ether oxygens (including phenoxy) is 1. The Morgan fingerprint density at radius 1 is 1.18 bits per heavy atom. The second-order valence-electron chi connectivity index (χ2n) is 5.91. The lowest BCUT2D eigenvalue weighted by Gasteiger charge is -2.10. The number of para-hydroxylation sites is 2. The number of nitriles is 1. The minimum atomic E-state index is -0.536. The van der Waals surface area contributed by atoms with Crippen molar-refractivity contribution in [1.82, 2.24) is 4.57 Å². The Morgan fingerprint density at radius 2 is 1.93 bits per heavy atom. The van der Waals surface area contributed by atoms with Crippen LogP contribution in [0.5, 0.6) is 0 Å². The van der Waals surface area contributed by atoms with Gasteiger partial charge in [0, 0.05) is 28.5 Å². The number of rotatable bonds is 7. The number of nitrogens with one attached hydrogen (secondary N) is 1. The highest BCUT2D eigenvalue weighted by molar-refractivity contribution is 7.99. The van der Waals surface area contributed by atoms with E-state index in [0.29, 0.717) is 11.3 Å². The summed E-state index contributed by atoms with van der Waals surface area (Å²) in [4.78, 5) is 25.5. The zero-order valence-electron chi connectivity index (χ0n) is 15.3. The van der Waals surface area contributed by atoms with Crippen molar-refractivity contribution >= 4 is 40.2 Å². The molecule has 28 heavy (non-hydrogen) atoms. The number of fused-ring (bicyclic) bond motifs is 1. The predicted octanol–water partition coefficient (Wildman–Crippen LogP) is 4.07. The van der Waals surface area contributed by atoms with E-state index in [0.717, 1.165) is 22.3 Å². The fourth-order valence-corrected chi connectivity index (χ4v) is 3.54. The Kier molecular flexibility index (Phi) is 6.35. The highest BCUT2D eigenvalue weighted by Crippen LogP contribution is 2.26. The van der Waals surface area contributed by atoms with E-state index in [2.05, 4.69) is 11.4 Å². The molecule has 0 bridgehead atoms. The van der Waals surface area contributed by atoms with Crippen LogP contribution < -0.4 is 5.32 Å². The first-order valence-corrected chi connectivity index (χ1v) is 9.76. The third kappa shape index (κ3) is 4.35. The van der Waals surface area contributed by atoms with Gasteiger partial charge in [-0.2, -0.15) is 5.26 Å². The Hall–Kier alpha value is -3.24. The second kappa shape index (κ2) is 9.11. The molecule has 1 aromatic heterocycles. The van der Waals surface area contributed by atoms with Crippen LogP contribution in [-0.4, -0.2) is 28.8 Å². The van der Waals surface area contributed by atoms with Gasteiger partial charge < -0.3 is 14.6 Å². The Morgan fingerprint density at radius 3 is 2.71 bits per heavy atom. The van der Waals surface area contributed by atoms with Crippen LogP contribution in [-0.2, 0) is 16.1 Å². The summed E-state index contributed by atoms with van der Waals surface area (Å²) in [5.41, 5.74) is 1.98. The average molecular weight is 393 g/mol. The van der Waals surface area contributed by atoms with Crippen LogP contribution in [0.1, 0.15) is 17.3 Å². The number of carbonyl (C=O) groups excluding carboxylic acids is 2. The van der Waals surface area contributed by atoms with Crippen LogP contribution in [0.15, 0.2) is 59.6 Å². The lowest BCUT2D eigenvalue weighted by Crippen LogP contribution is -2.21. The van der Waals surface area contributed by atoms with E-state index in [1.54, 1.807) is 18.3 Å². The maximum absolute atomic E-state index is 12.5. The zero-order chi connectivity index (χ0) is 19.9. The quantitative estimate of drug-likeness (QED) is 0.483. The van der Waals surface area contributed by atoms with Crippen molar-refractivity contribution in [3.8, 4) is 6.07 Å². The summed E-state index contributed by atoms with van der Waals surface area (Å²) in [6, 6.07) is 16.8. The number of hydrogen-bond donors (Lipinski definition) is 1. The number of nitrogens with zero attached hydrogens (tertiary/aromatic N) is 2. The first-order valence-electron chi connectivity index (χ1n) is 8.77. The molecule has 0 spiro atoms. The molecule has 7 heteroatoms. The van der Waals surface area contributed by atoms with Gasteiger partial charge in [-0.05, 0) is 25.1 Å². The minimum absolute atomic E-state index is 0.281. The van der Waals surface area contributed by atoms with Crippen LogP contribution in [0, 0.1) is 11.3 Å². The molecule has 0 aliphatic carbocycles. The van der Waals surface area contributed by atoms with E-state index < -0.39 is 11.9 Å². The number of hydrogen-bond acceptors (Lipinski definition) is 5. The summed E-state index contributed by atoms with van der Waals surface area (Å²) in [5, 5.41) is 12.3. The van der Waals surface area contributed by atoms with Crippen molar-refractivity contribution < 1.29 is 14.3 Å². The molecule has 0 aliphatic heterocycles. The number of benzene rings is 2. The van der Waals surface area contributed by atoms with Crippen molar-refractivity contribution in [2.75, 3.05) is 17.7 Å². The standard InChI is InChI=1S/C21H19N3O3S/c1-2-24-13-16(15-7-3-5-9-18(15)24)21(26)27-14-20(25)23-17-8-4-6-10-19(17)28-12-11-22/h3-10,13H,2,12,14H2,1H3,(H,23,25). The first kappa shape index (κ1) is 19.5. The number of carbonyl (C=O) groups is 2. The molecule has 1 heterocycles. The molecular formula is C21H19N3O3S. The second-order valence-corrected chi connectivity index (χ2v) is 6.93. The molecule has 1 amide bonds. The molecule has 3 rings (SSSR count). The van der Waals surface area contributed by atoms with E-state index in [-0.39, 0.29) is 12.4 Å². The van der Waals surface area contributed by atoms with Gasteiger partial charge in [-0.1, -0.05) is 30.3 Å². The number of amides is 1. The van der Waals surface area contributed by atoms with Gasteiger partial charge >= 0.3 is 5.97 Å². The maximum atomic E-state index is 12.5. The molecule has 0 saturated carbocycles. The van der Waals surface area contributed by atoms with Crippen LogP contribution >= 0.6 is 11.8 Å². The van der Waals surface area contributed by atoms with Crippen LogP contribution in [0.25, 0.3) is 10.9 Å². The average Bonchev–Trinajstić information content (AvgIpc) is 3.10. The van der Waals surface area contributed by atoms with Gasteiger partial charge in [-0.25, -0.2) is 4.79 Å². The third-order valence-corrected chi connectivity index (χ3v) is 5.08. The van der Waals surface area contributed by atoms with Gasteiger partial charge in [0.15, 0.2) is 6.61 Å². The van der Waals surface area contributed by atoms with Gasteiger partial charge in [0.25, 0.3) is 5.91 Å². The van der Waals surface area contributed by atoms with E-state index in [1.807, 2.05) is 47.9 Å². The maximum Gasteiger partial charge on any atom is 0.340 e. The molecule has 0 radical (unpaired) electrons. The number of aryl methyl sites for hydroxylation is 1. The molecule has 0 unspecified atom stereocenters. The SMILES string of the molecule is CCn1cc(C(=O)OCC(=O)Nc2ccccc2SCC#N)c2ccccc21. The molecule has 3 aromatic rings. The van der Waals surface area contributed by atoms with Crippen molar-refractivity contribution in [3.05, 3.63) is 60.3 Å². The van der Waals surface area contributed by atoms with Crippen molar-refractivity contribution in [2.24, 2.45) is 0 Å². The van der Waals surface area contributed by atoms with Crippen molar-refractivity contribution in [2.45, 2.75) is 18.4 Å². The van der Waals surface area contributed by atoms with Crippen LogP contribution in [0.2, 0.25) is 0 Å². The molecule has 0 atom stereocenters. The largest absolute Gasteiger partial charge is 0.452 e. The number of thioether (sulfide) groups is 1. The molecule has 0 saturated heterocycles. The van der Waals surface area contributed by atoms with Gasteiger partial charge in [0.2, 0.25) is 0 Å². The Bertz CT molecular complexity index is 1050. The number of anilines is 1. The highest BCUT2D eigenvalue weighted by Gasteiger charge is 2.17. The molecule has 1 N–H and O–H groups in total. The number of esters is 1. The summed E-state index contributed by atoms with van der Waals surface area (Å²) in [5.74, 6) is -0.688. The molecular weight excluding hydrogens is 374 g/mol. The summed E-state index contributed by atoms with van der Waals surface area (Å²) < 4.78 is 7.19. The number of aromatic nitrogens is 1. The van der Waals surface area contributed by atoms with Crippen LogP contribution in [0.3, 0.4) is 0 Å². The van der Waals surface area contributed by atoms with Crippen molar-refractivity contribution in [3.63, 3.8) is 0 Å². The third-order valence-electron chi connectivity index (χ3n) is 4.14. The summed E-state index contributed by atoms with van der Waals surface area (Å²) in [6.45, 7) is 2.34. The molecule has 2 aromatic carbocycles. The first-order chi connectivity index (χ1) is 13.6. The van der Waals surface area contributed by atoms with Gasteiger partial charge in [0.05, 0.1) is 23.1 Å². The van der Waals surface area contributed by atoms with Crippen molar-refractivity contribution in [1.29, 1.82) is 5.26 Å². The normalized spacial score (nSPS) is 10.4. The monoisotopic (exact) mass is 393 g/mol. The van der Waals surface area contributed by atoms with E-state index in [9.17, 15) is 9.59 Å². The lowest BCUT2D eigenvalue weighted by molar-refractivity contribution is -0.119. The highest BCUT2D eigenvalue weighted by atomic mass is 32.2. The van der Waals surface area contributed by atoms with E-state index >= 15 is 0 Å². The van der Waals surface area contributed by atoms with E-state index in [4.69, 9.17) is 10.00 Å². The van der Waals surface area contributed by atoms with Gasteiger partial charge in [-0.15, -0.1) is 11.8 Å². The fourth-order valence-electron chi connectivity index (χ4n) is 2.87. The zero-order valence-corrected chi connectivity index (χ0v) is 16.2. The summed E-state index contributed by atoms with van der Waals surface area (Å²) in [6.07, 6.45) is 1.75. The summed E-state index contributed by atoms with van der Waals surface area (Å²) >= 11 is 1.33.